The number of aryl methyl sites for hydroxylation is 1. The van der Waals surface area contributed by atoms with Gasteiger partial charge in [0.05, 0.1) is 5.75 Å². The number of ether oxygens (including phenoxy) is 1. The predicted octanol–water partition coefficient (Wildman–Crippen LogP) is 2.46. The van der Waals surface area contributed by atoms with Crippen LogP contribution in [0.5, 0.6) is 5.75 Å². The summed E-state index contributed by atoms with van der Waals surface area (Å²) in [5, 5.41) is 0.830. The highest BCUT2D eigenvalue weighted by Gasteiger charge is 2.26. The van der Waals surface area contributed by atoms with E-state index < -0.39 is 15.7 Å². The number of primary amides is 1. The van der Waals surface area contributed by atoms with Gasteiger partial charge in [-0.15, -0.1) is 0 Å². The van der Waals surface area contributed by atoms with Crippen molar-refractivity contribution in [2.75, 3.05) is 17.8 Å². The van der Waals surface area contributed by atoms with Crippen molar-refractivity contribution in [2.24, 2.45) is 12.8 Å². The predicted molar refractivity (Wildman–Crippen MR) is 139 cm³/mol. The lowest BCUT2D eigenvalue weighted by molar-refractivity contribution is -0.119. The number of carbonyl (C=O) groups excluding carboxylic acids is 1. The second kappa shape index (κ2) is 8.87. The molecule has 0 aliphatic carbocycles. The highest BCUT2D eigenvalue weighted by Crippen LogP contribution is 2.42. The van der Waals surface area contributed by atoms with E-state index in [2.05, 4.69) is 9.88 Å². The van der Waals surface area contributed by atoms with Gasteiger partial charge in [0, 0.05) is 66.6 Å². The molecule has 1 amide bonds. The first-order valence-electron chi connectivity index (χ1n) is 11.4. The molecule has 186 valence electrons. The third-order valence-electron chi connectivity index (χ3n) is 6.27. The van der Waals surface area contributed by atoms with Gasteiger partial charge >= 0.3 is 0 Å². The van der Waals surface area contributed by atoms with Gasteiger partial charge in [-0.25, -0.2) is 8.42 Å². The maximum atomic E-state index is 12.8. The van der Waals surface area contributed by atoms with E-state index in [0.717, 1.165) is 33.3 Å². The van der Waals surface area contributed by atoms with Crippen molar-refractivity contribution in [1.82, 2.24) is 9.55 Å². The maximum absolute atomic E-state index is 12.8. The van der Waals surface area contributed by atoms with Gasteiger partial charge in [0.15, 0.2) is 16.4 Å². The largest absolute Gasteiger partial charge is 0.483 e. The molecule has 0 fully saturated rings. The summed E-state index contributed by atoms with van der Waals surface area (Å²) in [5.74, 6) is -0.0885. The van der Waals surface area contributed by atoms with Gasteiger partial charge in [0.1, 0.15) is 11.3 Å². The van der Waals surface area contributed by atoms with Crippen LogP contribution >= 0.6 is 0 Å². The van der Waals surface area contributed by atoms with E-state index in [1.807, 2.05) is 42.6 Å². The molecule has 36 heavy (non-hydrogen) atoms. The van der Waals surface area contributed by atoms with E-state index in [4.69, 9.17) is 10.5 Å². The number of aromatic nitrogens is 2. The summed E-state index contributed by atoms with van der Waals surface area (Å²) >= 11 is 0. The molecule has 3 N–H and O–H groups in total. The van der Waals surface area contributed by atoms with Crippen LogP contribution in [0.4, 0.5) is 5.69 Å². The van der Waals surface area contributed by atoms with Crippen LogP contribution in [0.25, 0.3) is 22.0 Å². The van der Waals surface area contributed by atoms with Gasteiger partial charge < -0.3 is 24.9 Å². The van der Waals surface area contributed by atoms with Crippen LogP contribution in [0.15, 0.2) is 59.7 Å². The number of sulfone groups is 1. The number of para-hydroxylation sites is 1. The zero-order valence-corrected chi connectivity index (χ0v) is 20.8. The van der Waals surface area contributed by atoms with Crippen molar-refractivity contribution < 1.29 is 17.9 Å². The van der Waals surface area contributed by atoms with E-state index in [9.17, 15) is 18.0 Å². The Labute approximate surface area is 208 Å². The van der Waals surface area contributed by atoms with Crippen LogP contribution in [-0.4, -0.2) is 36.7 Å². The van der Waals surface area contributed by atoms with Crippen molar-refractivity contribution in [3.63, 3.8) is 0 Å². The number of nitrogens with two attached hydrogens (primary N) is 1. The summed E-state index contributed by atoms with van der Waals surface area (Å²) in [6.45, 7) is 0.724. The van der Waals surface area contributed by atoms with Crippen LogP contribution in [-0.2, 0) is 40.5 Å². The molecule has 2 aromatic heterocycles. The third-order valence-corrected chi connectivity index (χ3v) is 7.13. The zero-order chi connectivity index (χ0) is 25.6. The summed E-state index contributed by atoms with van der Waals surface area (Å²) in [6.07, 6.45) is 4.86. The topological polar surface area (TPSA) is 127 Å². The number of nitrogens with one attached hydrogen (secondary N) is 1. The molecule has 10 heteroatoms. The molecule has 9 nitrogen and oxygen atoms in total. The van der Waals surface area contributed by atoms with E-state index in [1.165, 1.54) is 10.8 Å². The first-order valence-corrected chi connectivity index (χ1v) is 13.4. The van der Waals surface area contributed by atoms with Gasteiger partial charge in [-0.2, -0.15) is 0 Å². The second-order valence-corrected chi connectivity index (χ2v) is 11.3. The van der Waals surface area contributed by atoms with Crippen LogP contribution in [0.3, 0.4) is 0 Å². The number of fused-ring (bicyclic) bond motifs is 2. The van der Waals surface area contributed by atoms with Crippen molar-refractivity contribution in [1.29, 1.82) is 0 Å². The lowest BCUT2D eigenvalue weighted by Crippen LogP contribution is -2.24. The Hall–Kier alpha value is -4.05. The molecule has 3 heterocycles. The number of aromatic amines is 1. The molecule has 0 radical (unpaired) electrons. The quantitative estimate of drug-likeness (QED) is 0.396. The number of anilines is 1. The molecule has 0 saturated carbocycles. The third kappa shape index (κ3) is 4.47. The van der Waals surface area contributed by atoms with Crippen molar-refractivity contribution >= 4 is 32.3 Å². The van der Waals surface area contributed by atoms with Crippen molar-refractivity contribution in [3.05, 3.63) is 81.9 Å². The monoisotopic (exact) mass is 506 g/mol. The molecule has 0 atom stereocenters. The first kappa shape index (κ1) is 23.7. The lowest BCUT2D eigenvalue weighted by Gasteiger charge is -2.27. The van der Waals surface area contributed by atoms with Crippen LogP contribution in [0.2, 0.25) is 0 Å². The Morgan fingerprint density at radius 1 is 1.17 bits per heavy atom. The summed E-state index contributed by atoms with van der Waals surface area (Å²) in [4.78, 5) is 29.4. The van der Waals surface area contributed by atoms with Gasteiger partial charge in [0.2, 0.25) is 0 Å². The molecule has 0 spiro atoms. The number of benzene rings is 2. The summed E-state index contributed by atoms with van der Waals surface area (Å²) in [7, 11) is -1.54. The number of rotatable bonds is 7. The first-order chi connectivity index (χ1) is 17.1. The second-order valence-electron chi connectivity index (χ2n) is 9.16. The van der Waals surface area contributed by atoms with Gasteiger partial charge in [-0.05, 0) is 29.3 Å². The molecule has 1 aliphatic heterocycles. The van der Waals surface area contributed by atoms with E-state index >= 15 is 0 Å². The Morgan fingerprint density at radius 3 is 2.69 bits per heavy atom. The Bertz CT molecular complexity index is 1670. The maximum Gasteiger partial charge on any atom is 0.274 e. The average molecular weight is 507 g/mol. The molecule has 4 aromatic rings. The summed E-state index contributed by atoms with van der Waals surface area (Å²) < 4.78 is 31.2. The summed E-state index contributed by atoms with van der Waals surface area (Å²) in [5.41, 5.74) is 10.7. The number of pyridine rings is 1. The van der Waals surface area contributed by atoms with Crippen molar-refractivity contribution in [3.8, 4) is 16.9 Å². The minimum atomic E-state index is -3.24. The van der Waals surface area contributed by atoms with Crippen molar-refractivity contribution in [2.45, 2.75) is 18.8 Å². The minimum absolute atomic E-state index is 0.0844. The fraction of sp³-hybridized carbons (Fsp3) is 0.231. The standard InChI is InChI=1S/C26H26N4O5S/c1-29-13-20-19-9-16(15-36(2,33)34)7-8-21(19)30(12-18-10-28-25(24(18)20)26(29)32)11-17-5-3-4-6-22(17)35-14-23(27)31/h3-10,13,28H,11-12,14-15H2,1-2H3,(H2,27,31). The number of H-pyrrole nitrogens is 1. The van der Waals surface area contributed by atoms with E-state index in [0.29, 0.717) is 29.9 Å². The van der Waals surface area contributed by atoms with Gasteiger partial charge in [-0.3, -0.25) is 9.59 Å². The van der Waals surface area contributed by atoms with E-state index in [1.54, 1.807) is 19.3 Å². The highest BCUT2D eigenvalue weighted by atomic mass is 32.2. The number of hydrogen-bond donors (Lipinski definition) is 2. The van der Waals surface area contributed by atoms with Crippen LogP contribution in [0, 0.1) is 0 Å². The van der Waals surface area contributed by atoms with Gasteiger partial charge in [0.25, 0.3) is 11.5 Å². The van der Waals surface area contributed by atoms with Crippen LogP contribution < -0.4 is 20.9 Å². The normalized spacial score (nSPS) is 12.9. The molecule has 0 saturated heterocycles. The number of hydrogen-bond acceptors (Lipinski definition) is 6. The van der Waals surface area contributed by atoms with Crippen LogP contribution in [0.1, 0.15) is 16.7 Å². The fourth-order valence-corrected chi connectivity index (χ4v) is 5.58. The Balaban J connectivity index is 1.67. The number of nitrogens with zero attached hydrogens (tertiary/aromatic N) is 2. The molecule has 0 unspecified atom stereocenters. The number of carbonyl (C=O) groups is 1. The SMILES string of the molecule is Cn1cc2c3c(c[nH]c3c1=O)CN(Cc1ccccc1OCC(N)=O)c1ccc(CS(C)(=O)=O)cc1-2. The molecular weight excluding hydrogens is 480 g/mol. The van der Waals surface area contributed by atoms with Gasteiger partial charge in [-0.1, -0.05) is 24.3 Å². The fourth-order valence-electron chi connectivity index (χ4n) is 4.79. The number of amides is 1. The average Bonchev–Trinajstić information content (AvgIpc) is 3.18. The smallest absolute Gasteiger partial charge is 0.274 e. The Morgan fingerprint density at radius 2 is 1.94 bits per heavy atom. The zero-order valence-electron chi connectivity index (χ0n) is 19.9. The molecule has 5 rings (SSSR count). The Kier molecular flexibility index (Phi) is 5.83. The van der Waals surface area contributed by atoms with E-state index in [-0.39, 0.29) is 17.9 Å². The lowest BCUT2D eigenvalue weighted by atomic mass is 9.99. The molecular formula is C26H26N4O5S. The molecule has 2 aromatic carbocycles. The molecule has 0 bridgehead atoms. The minimum Gasteiger partial charge on any atom is -0.483 e. The molecule has 1 aliphatic rings. The summed E-state index contributed by atoms with van der Waals surface area (Å²) in [6, 6.07) is 13.1. The highest BCUT2D eigenvalue weighted by molar-refractivity contribution is 7.89.